The van der Waals surface area contributed by atoms with Crippen molar-refractivity contribution in [3.05, 3.63) is 0 Å². The molecule has 1 saturated heterocycles. The van der Waals surface area contributed by atoms with Gasteiger partial charge in [-0.15, -0.1) is 0 Å². The molecule has 1 fully saturated rings. The smallest absolute Gasteiger partial charge is 0.156 e. The minimum atomic E-state index is 0.0743. The summed E-state index contributed by atoms with van der Waals surface area (Å²) < 4.78 is 0. The van der Waals surface area contributed by atoms with E-state index < -0.39 is 0 Å². The summed E-state index contributed by atoms with van der Waals surface area (Å²) >= 11 is 0. The van der Waals surface area contributed by atoms with Gasteiger partial charge in [0.25, 0.3) is 0 Å². The van der Waals surface area contributed by atoms with Crippen molar-refractivity contribution in [2.24, 2.45) is 22.7 Å². The molecule has 1 rings (SSSR count). The highest BCUT2D eigenvalue weighted by Crippen LogP contribution is 2.29. The maximum absolute atomic E-state index is 8.82. The molecule has 16 heavy (non-hydrogen) atoms. The van der Waals surface area contributed by atoms with E-state index in [1.165, 1.54) is 6.42 Å². The fraction of sp³-hybridized carbons (Fsp3) is 0.917. The summed E-state index contributed by atoms with van der Waals surface area (Å²) in [5.41, 5.74) is 5.77. The molecule has 0 saturated carbocycles. The van der Waals surface area contributed by atoms with E-state index in [0.29, 0.717) is 23.7 Å². The van der Waals surface area contributed by atoms with E-state index in [1.54, 1.807) is 0 Å². The molecule has 0 spiro atoms. The number of piperidine rings is 1. The van der Waals surface area contributed by atoms with E-state index in [0.717, 1.165) is 13.0 Å². The van der Waals surface area contributed by atoms with E-state index in [-0.39, 0.29) is 6.04 Å². The van der Waals surface area contributed by atoms with Crippen LogP contribution in [0.5, 0.6) is 0 Å². The summed E-state index contributed by atoms with van der Waals surface area (Å²) in [6.45, 7) is 9.92. The van der Waals surface area contributed by atoms with Gasteiger partial charge in [0.2, 0.25) is 0 Å². The Balaban J connectivity index is 2.82. The summed E-state index contributed by atoms with van der Waals surface area (Å²) in [5.74, 6) is 1.70. The van der Waals surface area contributed by atoms with Crippen molar-refractivity contribution in [1.29, 1.82) is 0 Å². The van der Waals surface area contributed by atoms with Crippen LogP contribution in [-0.4, -0.2) is 34.6 Å². The molecule has 0 aliphatic carbocycles. The Morgan fingerprint density at radius 2 is 2.12 bits per heavy atom. The molecule has 3 N–H and O–H groups in total. The molecular formula is C12H25N3O. The Kier molecular flexibility index (Phi) is 4.59. The Labute approximate surface area is 98.5 Å². The largest absolute Gasteiger partial charge is 0.409 e. The van der Waals surface area contributed by atoms with Crippen LogP contribution >= 0.6 is 0 Å². The van der Waals surface area contributed by atoms with Crippen molar-refractivity contribution in [3.63, 3.8) is 0 Å². The number of amidine groups is 1. The van der Waals surface area contributed by atoms with Gasteiger partial charge in [0.1, 0.15) is 0 Å². The van der Waals surface area contributed by atoms with Crippen LogP contribution < -0.4 is 5.73 Å². The van der Waals surface area contributed by atoms with Gasteiger partial charge in [-0.25, -0.2) is 0 Å². The molecule has 0 amide bonds. The predicted molar refractivity (Wildman–Crippen MR) is 66.6 cm³/mol. The van der Waals surface area contributed by atoms with Gasteiger partial charge in [-0.1, -0.05) is 25.9 Å². The fourth-order valence-electron chi connectivity index (χ4n) is 2.85. The highest BCUT2D eigenvalue weighted by molar-refractivity contribution is 5.85. The first-order valence-corrected chi connectivity index (χ1v) is 6.24. The summed E-state index contributed by atoms with van der Waals surface area (Å²) in [6, 6.07) is 0.576. The molecule has 0 aromatic rings. The lowest BCUT2D eigenvalue weighted by atomic mass is 9.84. The Morgan fingerprint density at radius 3 is 2.62 bits per heavy atom. The quantitative estimate of drug-likeness (QED) is 0.335. The van der Waals surface area contributed by atoms with Crippen LogP contribution in [0.3, 0.4) is 0 Å². The summed E-state index contributed by atoms with van der Waals surface area (Å²) in [4.78, 5) is 2.38. The highest BCUT2D eigenvalue weighted by atomic mass is 16.4. The lowest BCUT2D eigenvalue weighted by molar-refractivity contribution is 0.0599. The molecule has 4 atom stereocenters. The molecular weight excluding hydrogens is 202 g/mol. The molecule has 94 valence electrons. The first-order valence-electron chi connectivity index (χ1n) is 6.24. The average Bonchev–Trinajstić information content (AvgIpc) is 2.25. The summed E-state index contributed by atoms with van der Waals surface area (Å²) in [6.07, 6.45) is 2.16. The van der Waals surface area contributed by atoms with Crippen LogP contribution in [0.25, 0.3) is 0 Å². The number of oxime groups is 1. The number of nitrogens with two attached hydrogens (primary N) is 1. The molecule has 4 nitrogen and oxygen atoms in total. The first kappa shape index (κ1) is 13.3. The average molecular weight is 227 g/mol. The normalized spacial score (nSPS) is 35.0. The topological polar surface area (TPSA) is 61.9 Å². The molecule has 1 aliphatic rings. The third-order valence-electron chi connectivity index (χ3n) is 3.89. The van der Waals surface area contributed by atoms with Crippen LogP contribution in [-0.2, 0) is 0 Å². The monoisotopic (exact) mass is 227 g/mol. The van der Waals surface area contributed by atoms with Gasteiger partial charge < -0.3 is 10.9 Å². The maximum atomic E-state index is 8.82. The SMILES string of the molecule is CCC(C(N)=NO)N1CC(C)CC(C)C1C. The van der Waals surface area contributed by atoms with Gasteiger partial charge in [-0.2, -0.15) is 0 Å². The first-order chi connectivity index (χ1) is 7.51. The summed E-state index contributed by atoms with van der Waals surface area (Å²) in [5, 5.41) is 12.0. The Hall–Kier alpha value is -0.770. The number of hydrogen-bond acceptors (Lipinski definition) is 3. The van der Waals surface area contributed by atoms with Crippen LogP contribution in [0.15, 0.2) is 5.16 Å². The zero-order chi connectivity index (χ0) is 12.3. The minimum Gasteiger partial charge on any atom is -0.409 e. The zero-order valence-corrected chi connectivity index (χ0v) is 10.8. The lowest BCUT2D eigenvalue weighted by Crippen LogP contribution is -2.55. The molecule has 0 aromatic carbocycles. The predicted octanol–water partition coefficient (Wildman–Crippen LogP) is 1.88. The maximum Gasteiger partial charge on any atom is 0.156 e. The van der Waals surface area contributed by atoms with Crippen LogP contribution in [0.4, 0.5) is 0 Å². The van der Waals surface area contributed by atoms with Crippen LogP contribution in [0.2, 0.25) is 0 Å². The third-order valence-corrected chi connectivity index (χ3v) is 3.89. The zero-order valence-electron chi connectivity index (χ0n) is 10.8. The van der Waals surface area contributed by atoms with E-state index in [2.05, 4.69) is 37.8 Å². The fourth-order valence-corrected chi connectivity index (χ4v) is 2.85. The van der Waals surface area contributed by atoms with E-state index in [4.69, 9.17) is 10.9 Å². The second kappa shape index (κ2) is 5.53. The van der Waals surface area contributed by atoms with Crippen molar-refractivity contribution in [1.82, 2.24) is 4.90 Å². The van der Waals surface area contributed by atoms with Gasteiger partial charge >= 0.3 is 0 Å². The number of likely N-dealkylation sites (tertiary alicyclic amines) is 1. The standard InChI is InChI=1S/C12H25N3O/c1-5-11(12(13)14-16)15-7-8(2)6-9(3)10(15)4/h8-11,16H,5-7H2,1-4H3,(H2,13,14). The van der Waals surface area contributed by atoms with Crippen molar-refractivity contribution < 1.29 is 5.21 Å². The number of hydrogen-bond donors (Lipinski definition) is 2. The van der Waals surface area contributed by atoms with Crippen molar-refractivity contribution in [2.45, 2.75) is 52.6 Å². The van der Waals surface area contributed by atoms with Crippen molar-refractivity contribution in [3.8, 4) is 0 Å². The molecule has 4 unspecified atom stereocenters. The van der Waals surface area contributed by atoms with Gasteiger partial charge in [0.05, 0.1) is 6.04 Å². The lowest BCUT2D eigenvalue weighted by Gasteiger charge is -2.44. The molecule has 0 radical (unpaired) electrons. The molecule has 4 heteroatoms. The molecule has 0 aromatic heterocycles. The third kappa shape index (κ3) is 2.67. The van der Waals surface area contributed by atoms with Crippen LogP contribution in [0.1, 0.15) is 40.5 Å². The van der Waals surface area contributed by atoms with E-state index >= 15 is 0 Å². The Morgan fingerprint density at radius 1 is 1.50 bits per heavy atom. The van der Waals surface area contributed by atoms with E-state index in [9.17, 15) is 0 Å². The highest BCUT2D eigenvalue weighted by Gasteiger charge is 2.34. The van der Waals surface area contributed by atoms with Gasteiger partial charge in [-0.05, 0) is 31.6 Å². The number of rotatable bonds is 3. The van der Waals surface area contributed by atoms with E-state index in [1.807, 2.05) is 0 Å². The van der Waals surface area contributed by atoms with Crippen molar-refractivity contribution in [2.75, 3.05) is 6.54 Å². The molecule has 1 aliphatic heterocycles. The van der Waals surface area contributed by atoms with Crippen LogP contribution in [0, 0.1) is 11.8 Å². The van der Waals surface area contributed by atoms with Gasteiger partial charge in [0, 0.05) is 12.6 Å². The Bertz CT molecular complexity index is 255. The van der Waals surface area contributed by atoms with Crippen molar-refractivity contribution >= 4 is 5.84 Å². The number of nitrogens with zero attached hydrogens (tertiary/aromatic N) is 2. The second-order valence-electron chi connectivity index (χ2n) is 5.20. The van der Waals surface area contributed by atoms with Gasteiger partial charge in [-0.3, -0.25) is 4.90 Å². The molecule has 0 bridgehead atoms. The second-order valence-corrected chi connectivity index (χ2v) is 5.20. The minimum absolute atomic E-state index is 0.0743. The summed E-state index contributed by atoms with van der Waals surface area (Å²) in [7, 11) is 0. The van der Waals surface area contributed by atoms with Gasteiger partial charge in [0.15, 0.2) is 5.84 Å². The molecule has 1 heterocycles.